The van der Waals surface area contributed by atoms with Crippen molar-refractivity contribution in [2.24, 2.45) is 5.41 Å². The van der Waals surface area contributed by atoms with Crippen molar-refractivity contribution < 1.29 is 9.18 Å². The molecule has 2 saturated heterocycles. The molecule has 3 nitrogen and oxygen atoms in total. The highest BCUT2D eigenvalue weighted by molar-refractivity contribution is 5.84. The number of piperidine rings is 1. The van der Waals surface area contributed by atoms with E-state index in [0.29, 0.717) is 18.2 Å². The van der Waals surface area contributed by atoms with Crippen LogP contribution < -0.4 is 0 Å². The van der Waals surface area contributed by atoms with Gasteiger partial charge in [0.25, 0.3) is 0 Å². The molecule has 0 radical (unpaired) electrons. The summed E-state index contributed by atoms with van der Waals surface area (Å²) in [6, 6.07) is 16.1. The molecule has 2 aromatic carbocycles. The van der Waals surface area contributed by atoms with Crippen LogP contribution >= 0.6 is 0 Å². The molecule has 4 heteroatoms. The number of halogens is 1. The van der Waals surface area contributed by atoms with Crippen molar-refractivity contribution in [3.63, 3.8) is 0 Å². The van der Waals surface area contributed by atoms with Gasteiger partial charge in [0.15, 0.2) is 0 Å². The lowest BCUT2D eigenvalue weighted by Gasteiger charge is -2.40. The summed E-state index contributed by atoms with van der Waals surface area (Å²) in [4.78, 5) is 17.9. The van der Waals surface area contributed by atoms with Gasteiger partial charge in [-0.2, -0.15) is 0 Å². The maximum atomic E-state index is 14.1. The Balaban J connectivity index is 1.29. The largest absolute Gasteiger partial charge is 0.338 e. The highest BCUT2D eigenvalue weighted by atomic mass is 19.1. The molecule has 28 heavy (non-hydrogen) atoms. The Labute approximate surface area is 166 Å². The fraction of sp³-hybridized carbons (Fsp3) is 0.458. The molecule has 1 spiro atoms. The maximum absolute atomic E-state index is 14.1. The first-order valence-corrected chi connectivity index (χ1v) is 10.5. The van der Waals surface area contributed by atoms with Crippen molar-refractivity contribution >= 4 is 5.91 Å². The van der Waals surface area contributed by atoms with E-state index in [9.17, 15) is 9.18 Å². The number of rotatable bonds is 3. The number of carbonyl (C=O) groups excluding carboxylic acids is 1. The zero-order valence-electron chi connectivity index (χ0n) is 16.2. The standard InChI is InChI=1S/C24H27FN2O/c25-22-9-4-3-8-20(22)16-26-12-5-10-24(23(26)28)11-13-27(17-24)21-14-18-6-1-2-7-19(18)15-21/h1-4,6-9,21H,5,10-17H2. The molecule has 3 aliphatic rings. The van der Waals surface area contributed by atoms with Gasteiger partial charge in [-0.3, -0.25) is 9.69 Å². The van der Waals surface area contributed by atoms with E-state index < -0.39 is 0 Å². The molecule has 0 bridgehead atoms. The molecule has 1 atom stereocenters. The van der Waals surface area contributed by atoms with Gasteiger partial charge < -0.3 is 4.90 Å². The smallest absolute Gasteiger partial charge is 0.230 e. The number of hydrogen-bond acceptors (Lipinski definition) is 2. The summed E-state index contributed by atoms with van der Waals surface area (Å²) in [6.45, 7) is 2.99. The van der Waals surface area contributed by atoms with Gasteiger partial charge in [-0.25, -0.2) is 4.39 Å². The van der Waals surface area contributed by atoms with Crippen LogP contribution in [0.1, 0.15) is 36.0 Å². The van der Waals surface area contributed by atoms with E-state index in [0.717, 1.165) is 51.7 Å². The maximum Gasteiger partial charge on any atom is 0.230 e. The average Bonchev–Trinajstić information content (AvgIpc) is 3.32. The number of likely N-dealkylation sites (tertiary alicyclic amines) is 2. The number of hydrogen-bond donors (Lipinski definition) is 0. The molecule has 1 aliphatic carbocycles. The zero-order chi connectivity index (χ0) is 19.1. The van der Waals surface area contributed by atoms with Crippen LogP contribution in [0.25, 0.3) is 0 Å². The molecule has 146 valence electrons. The van der Waals surface area contributed by atoms with Crippen molar-refractivity contribution in [1.82, 2.24) is 9.80 Å². The monoisotopic (exact) mass is 378 g/mol. The number of carbonyl (C=O) groups is 1. The van der Waals surface area contributed by atoms with Crippen LogP contribution in [-0.4, -0.2) is 41.4 Å². The van der Waals surface area contributed by atoms with E-state index in [-0.39, 0.29) is 17.1 Å². The van der Waals surface area contributed by atoms with Crippen molar-refractivity contribution in [1.29, 1.82) is 0 Å². The highest BCUT2D eigenvalue weighted by Gasteiger charge is 2.49. The third kappa shape index (κ3) is 3.04. The molecule has 2 heterocycles. The summed E-state index contributed by atoms with van der Waals surface area (Å²) in [5.74, 6) is 0.0201. The Morgan fingerprint density at radius 2 is 1.68 bits per heavy atom. The Morgan fingerprint density at radius 3 is 2.43 bits per heavy atom. The first-order chi connectivity index (χ1) is 13.6. The lowest BCUT2D eigenvalue weighted by atomic mass is 9.78. The molecular weight excluding hydrogens is 351 g/mol. The number of benzene rings is 2. The van der Waals surface area contributed by atoms with Gasteiger partial charge >= 0.3 is 0 Å². The van der Waals surface area contributed by atoms with E-state index >= 15 is 0 Å². The van der Waals surface area contributed by atoms with Crippen molar-refractivity contribution in [2.75, 3.05) is 19.6 Å². The minimum Gasteiger partial charge on any atom is -0.338 e. The molecule has 1 amide bonds. The van der Waals surface area contributed by atoms with E-state index in [1.807, 2.05) is 11.0 Å². The van der Waals surface area contributed by atoms with Crippen molar-refractivity contribution in [3.8, 4) is 0 Å². The number of amides is 1. The normalized spacial score (nSPS) is 25.6. The van der Waals surface area contributed by atoms with Crippen molar-refractivity contribution in [3.05, 3.63) is 71.0 Å². The predicted octanol–water partition coefficient (Wildman–Crippen LogP) is 3.81. The minimum absolute atomic E-state index is 0.216. The summed E-state index contributed by atoms with van der Waals surface area (Å²) in [6.07, 6.45) is 5.11. The summed E-state index contributed by atoms with van der Waals surface area (Å²) in [5.41, 5.74) is 3.28. The van der Waals surface area contributed by atoms with Crippen LogP contribution in [0.2, 0.25) is 0 Å². The number of fused-ring (bicyclic) bond motifs is 1. The molecule has 5 rings (SSSR count). The molecule has 1 unspecified atom stereocenters. The van der Waals surface area contributed by atoms with Crippen LogP contribution in [0.5, 0.6) is 0 Å². The van der Waals surface area contributed by atoms with Gasteiger partial charge in [-0.05, 0) is 55.8 Å². The second-order valence-electron chi connectivity index (χ2n) is 8.75. The molecule has 0 N–H and O–H groups in total. The lowest BCUT2D eigenvalue weighted by molar-refractivity contribution is -0.146. The molecular formula is C24H27FN2O. The lowest BCUT2D eigenvalue weighted by Crippen LogP contribution is -2.50. The Kier molecular flexibility index (Phi) is 4.47. The number of nitrogens with zero attached hydrogens (tertiary/aromatic N) is 2. The third-order valence-electron chi connectivity index (χ3n) is 7.07. The van der Waals surface area contributed by atoms with Gasteiger partial charge in [0, 0.05) is 31.2 Å². The van der Waals surface area contributed by atoms with Gasteiger partial charge in [0.1, 0.15) is 5.82 Å². The SMILES string of the molecule is O=C1N(Cc2ccccc2F)CCCC12CCN(C1Cc3ccccc3C1)C2. The van der Waals surface area contributed by atoms with Gasteiger partial charge in [-0.15, -0.1) is 0 Å². The molecule has 2 aromatic rings. The van der Waals surface area contributed by atoms with Crippen LogP contribution in [0.3, 0.4) is 0 Å². The molecule has 0 saturated carbocycles. The first-order valence-electron chi connectivity index (χ1n) is 10.5. The fourth-order valence-electron chi connectivity index (χ4n) is 5.52. The van der Waals surface area contributed by atoms with Crippen LogP contribution in [0.15, 0.2) is 48.5 Å². The Morgan fingerprint density at radius 1 is 0.964 bits per heavy atom. The molecule has 2 aliphatic heterocycles. The van der Waals surface area contributed by atoms with Crippen LogP contribution in [0.4, 0.5) is 4.39 Å². The summed E-state index contributed by atoms with van der Waals surface area (Å²) in [5, 5.41) is 0. The predicted molar refractivity (Wildman–Crippen MR) is 107 cm³/mol. The second kappa shape index (κ2) is 7.00. The first kappa shape index (κ1) is 17.9. The Hall–Kier alpha value is -2.20. The molecule has 2 fully saturated rings. The summed E-state index contributed by atoms with van der Waals surface area (Å²) >= 11 is 0. The van der Waals surface area contributed by atoms with E-state index in [4.69, 9.17) is 0 Å². The summed E-state index contributed by atoms with van der Waals surface area (Å²) < 4.78 is 14.1. The quantitative estimate of drug-likeness (QED) is 0.811. The van der Waals surface area contributed by atoms with E-state index in [2.05, 4.69) is 29.2 Å². The zero-order valence-corrected chi connectivity index (χ0v) is 16.2. The van der Waals surface area contributed by atoms with Crippen molar-refractivity contribution in [2.45, 2.75) is 44.7 Å². The van der Waals surface area contributed by atoms with Crippen LogP contribution in [0, 0.1) is 11.2 Å². The topological polar surface area (TPSA) is 23.6 Å². The van der Waals surface area contributed by atoms with Gasteiger partial charge in [0.05, 0.1) is 5.41 Å². The van der Waals surface area contributed by atoms with Crippen LogP contribution in [-0.2, 0) is 24.2 Å². The Bertz CT molecular complexity index is 873. The van der Waals surface area contributed by atoms with E-state index in [1.54, 1.807) is 12.1 Å². The molecule has 0 aromatic heterocycles. The average molecular weight is 378 g/mol. The highest BCUT2D eigenvalue weighted by Crippen LogP contribution is 2.42. The van der Waals surface area contributed by atoms with E-state index in [1.165, 1.54) is 17.2 Å². The summed E-state index contributed by atoms with van der Waals surface area (Å²) in [7, 11) is 0. The minimum atomic E-state index is -0.266. The van der Waals surface area contributed by atoms with Gasteiger partial charge in [0.2, 0.25) is 5.91 Å². The van der Waals surface area contributed by atoms with Gasteiger partial charge in [-0.1, -0.05) is 42.5 Å². The fourth-order valence-corrected chi connectivity index (χ4v) is 5.52. The third-order valence-corrected chi connectivity index (χ3v) is 7.07. The second-order valence-corrected chi connectivity index (χ2v) is 8.75.